The van der Waals surface area contributed by atoms with Crippen LogP contribution in [0, 0.1) is 0 Å². The molecule has 0 aromatic heterocycles. The van der Waals surface area contributed by atoms with E-state index >= 15 is 0 Å². The summed E-state index contributed by atoms with van der Waals surface area (Å²) in [7, 11) is 0. The fourth-order valence-electron chi connectivity index (χ4n) is 1.53. The van der Waals surface area contributed by atoms with Crippen LogP contribution in [-0.4, -0.2) is 28.4 Å². The van der Waals surface area contributed by atoms with Gasteiger partial charge in [-0.25, -0.2) is 4.79 Å². The van der Waals surface area contributed by atoms with Crippen LogP contribution in [-0.2, 0) is 15.1 Å². The van der Waals surface area contributed by atoms with Crippen molar-refractivity contribution in [3.8, 4) is 0 Å². The standard InChI is InChI=1S/C13H18O4/c1-9(2)17-12(15)13(16,10(3)14)11-7-5-4-6-8-11/h4-10,14,16H,1-3H3/t10-,13-/m1/s1. The van der Waals surface area contributed by atoms with Gasteiger partial charge in [0.1, 0.15) is 0 Å². The van der Waals surface area contributed by atoms with Crippen LogP contribution < -0.4 is 0 Å². The summed E-state index contributed by atoms with van der Waals surface area (Å²) in [5, 5.41) is 20.0. The second-order valence-corrected chi connectivity index (χ2v) is 4.26. The van der Waals surface area contributed by atoms with Crippen molar-refractivity contribution in [1.82, 2.24) is 0 Å². The summed E-state index contributed by atoms with van der Waals surface area (Å²) in [6, 6.07) is 8.29. The SMILES string of the molecule is CC(C)OC(=O)[C@](O)(c1ccccc1)[C@@H](C)O. The lowest BCUT2D eigenvalue weighted by Gasteiger charge is -2.29. The van der Waals surface area contributed by atoms with Gasteiger partial charge in [0.15, 0.2) is 0 Å². The van der Waals surface area contributed by atoms with Crippen LogP contribution in [0.3, 0.4) is 0 Å². The molecule has 0 fully saturated rings. The Bertz CT molecular complexity index is 372. The molecule has 0 aliphatic carbocycles. The predicted octanol–water partition coefficient (Wildman–Crippen LogP) is 1.21. The summed E-state index contributed by atoms with van der Waals surface area (Å²) < 4.78 is 4.98. The molecule has 0 aliphatic heterocycles. The first kappa shape index (κ1) is 13.7. The molecular formula is C13H18O4. The molecular weight excluding hydrogens is 220 g/mol. The number of benzene rings is 1. The third kappa shape index (κ3) is 2.84. The third-order valence-corrected chi connectivity index (χ3v) is 2.47. The van der Waals surface area contributed by atoms with E-state index in [9.17, 15) is 15.0 Å². The van der Waals surface area contributed by atoms with E-state index in [2.05, 4.69) is 0 Å². The average molecular weight is 238 g/mol. The largest absolute Gasteiger partial charge is 0.461 e. The van der Waals surface area contributed by atoms with E-state index in [1.54, 1.807) is 44.2 Å². The number of carbonyl (C=O) groups excluding carboxylic acids is 1. The van der Waals surface area contributed by atoms with E-state index in [1.807, 2.05) is 0 Å². The molecule has 0 unspecified atom stereocenters. The zero-order valence-electron chi connectivity index (χ0n) is 10.3. The van der Waals surface area contributed by atoms with Crippen molar-refractivity contribution in [3.05, 3.63) is 35.9 Å². The molecule has 2 N–H and O–H groups in total. The lowest BCUT2D eigenvalue weighted by atomic mass is 9.89. The zero-order valence-corrected chi connectivity index (χ0v) is 10.3. The Morgan fingerprint density at radius 2 is 1.76 bits per heavy atom. The highest BCUT2D eigenvalue weighted by atomic mass is 16.6. The van der Waals surface area contributed by atoms with Gasteiger partial charge < -0.3 is 14.9 Å². The Labute approximate surface area is 101 Å². The lowest BCUT2D eigenvalue weighted by Crippen LogP contribution is -2.47. The van der Waals surface area contributed by atoms with Crippen molar-refractivity contribution in [1.29, 1.82) is 0 Å². The van der Waals surface area contributed by atoms with Gasteiger partial charge in [-0.15, -0.1) is 0 Å². The number of hydrogen-bond acceptors (Lipinski definition) is 4. The number of ether oxygens (including phenoxy) is 1. The highest BCUT2D eigenvalue weighted by Crippen LogP contribution is 2.27. The first-order valence-electron chi connectivity index (χ1n) is 5.56. The van der Waals surface area contributed by atoms with Crippen LogP contribution in [0.2, 0.25) is 0 Å². The van der Waals surface area contributed by atoms with E-state index in [0.29, 0.717) is 5.56 Å². The summed E-state index contributed by atoms with van der Waals surface area (Å²) in [6.45, 7) is 4.73. The summed E-state index contributed by atoms with van der Waals surface area (Å²) in [5.41, 5.74) is -1.70. The Morgan fingerprint density at radius 3 is 2.18 bits per heavy atom. The van der Waals surface area contributed by atoms with E-state index in [1.165, 1.54) is 6.92 Å². The second kappa shape index (κ2) is 5.29. The number of rotatable bonds is 4. The van der Waals surface area contributed by atoms with Crippen LogP contribution in [0.4, 0.5) is 0 Å². The molecule has 4 heteroatoms. The summed E-state index contributed by atoms with van der Waals surface area (Å²) >= 11 is 0. The van der Waals surface area contributed by atoms with E-state index in [-0.39, 0.29) is 6.10 Å². The fraction of sp³-hybridized carbons (Fsp3) is 0.462. The highest BCUT2D eigenvalue weighted by Gasteiger charge is 2.44. The van der Waals surface area contributed by atoms with E-state index in [4.69, 9.17) is 4.74 Å². The maximum Gasteiger partial charge on any atom is 0.345 e. The molecule has 0 saturated heterocycles. The Morgan fingerprint density at radius 1 is 1.24 bits per heavy atom. The summed E-state index contributed by atoms with van der Waals surface area (Å²) in [4.78, 5) is 11.9. The van der Waals surface area contributed by atoms with Crippen molar-refractivity contribution in [3.63, 3.8) is 0 Å². The topological polar surface area (TPSA) is 66.8 Å². The number of esters is 1. The normalized spacial score (nSPS) is 16.4. The van der Waals surface area contributed by atoms with Crippen LogP contribution in [0.1, 0.15) is 26.3 Å². The van der Waals surface area contributed by atoms with Crippen molar-refractivity contribution < 1.29 is 19.7 Å². The zero-order chi connectivity index (χ0) is 13.1. The van der Waals surface area contributed by atoms with E-state index < -0.39 is 17.7 Å². The molecule has 1 rings (SSSR count). The van der Waals surface area contributed by atoms with Gasteiger partial charge in [-0.2, -0.15) is 0 Å². The molecule has 0 spiro atoms. The van der Waals surface area contributed by atoms with Crippen molar-refractivity contribution in [2.75, 3.05) is 0 Å². The molecule has 1 aromatic rings. The highest BCUT2D eigenvalue weighted by molar-refractivity contribution is 5.82. The molecule has 0 amide bonds. The first-order chi connectivity index (χ1) is 7.89. The van der Waals surface area contributed by atoms with Gasteiger partial charge in [-0.1, -0.05) is 30.3 Å². The van der Waals surface area contributed by atoms with Crippen LogP contribution in [0.15, 0.2) is 30.3 Å². The molecule has 94 valence electrons. The second-order valence-electron chi connectivity index (χ2n) is 4.26. The molecule has 1 aromatic carbocycles. The first-order valence-corrected chi connectivity index (χ1v) is 5.56. The summed E-state index contributed by atoms with van der Waals surface area (Å²) in [5.74, 6) is -0.839. The van der Waals surface area contributed by atoms with Crippen molar-refractivity contribution >= 4 is 5.97 Å². The van der Waals surface area contributed by atoms with Gasteiger partial charge in [0.05, 0.1) is 12.2 Å². The molecule has 4 nitrogen and oxygen atoms in total. The lowest BCUT2D eigenvalue weighted by molar-refractivity contribution is -0.183. The summed E-state index contributed by atoms with van der Waals surface area (Å²) in [6.07, 6.45) is -1.60. The van der Waals surface area contributed by atoms with Crippen LogP contribution in [0.5, 0.6) is 0 Å². The number of carbonyl (C=O) groups is 1. The van der Waals surface area contributed by atoms with Gasteiger partial charge in [0, 0.05) is 0 Å². The van der Waals surface area contributed by atoms with Crippen molar-refractivity contribution in [2.24, 2.45) is 0 Å². The van der Waals surface area contributed by atoms with Crippen LogP contribution >= 0.6 is 0 Å². The maximum absolute atomic E-state index is 11.9. The van der Waals surface area contributed by atoms with Crippen LogP contribution in [0.25, 0.3) is 0 Å². The molecule has 0 radical (unpaired) electrons. The van der Waals surface area contributed by atoms with E-state index in [0.717, 1.165) is 0 Å². The number of aliphatic hydroxyl groups excluding tert-OH is 1. The average Bonchev–Trinajstić information content (AvgIpc) is 2.27. The minimum atomic E-state index is -2.02. The fourth-order valence-corrected chi connectivity index (χ4v) is 1.53. The van der Waals surface area contributed by atoms with Gasteiger partial charge in [0.2, 0.25) is 5.60 Å². The monoisotopic (exact) mass is 238 g/mol. The number of aliphatic hydroxyl groups is 2. The minimum absolute atomic E-state index is 0.320. The molecule has 0 saturated carbocycles. The smallest absolute Gasteiger partial charge is 0.345 e. The van der Waals surface area contributed by atoms with Gasteiger partial charge in [0.25, 0.3) is 0 Å². The minimum Gasteiger partial charge on any atom is -0.461 e. The molecule has 0 heterocycles. The molecule has 2 atom stereocenters. The maximum atomic E-state index is 11.9. The third-order valence-electron chi connectivity index (χ3n) is 2.47. The Kier molecular flexibility index (Phi) is 4.26. The Hall–Kier alpha value is -1.39. The number of hydrogen-bond donors (Lipinski definition) is 2. The molecule has 0 bridgehead atoms. The van der Waals surface area contributed by atoms with Gasteiger partial charge >= 0.3 is 5.97 Å². The van der Waals surface area contributed by atoms with Gasteiger partial charge in [-0.3, -0.25) is 0 Å². The quantitative estimate of drug-likeness (QED) is 0.774. The predicted molar refractivity (Wildman–Crippen MR) is 63.2 cm³/mol. The Balaban J connectivity index is 3.10. The van der Waals surface area contributed by atoms with Crippen molar-refractivity contribution in [2.45, 2.75) is 38.6 Å². The van der Waals surface area contributed by atoms with Gasteiger partial charge in [-0.05, 0) is 26.3 Å². The molecule has 0 aliphatic rings. The molecule has 17 heavy (non-hydrogen) atoms.